The van der Waals surface area contributed by atoms with Crippen LogP contribution in [0.1, 0.15) is 66.5 Å². The van der Waals surface area contributed by atoms with Gasteiger partial charge in [-0.2, -0.15) is 24.3 Å². The Morgan fingerprint density at radius 1 is 0.750 bits per heavy atom. The third kappa shape index (κ3) is 8.47. The molecule has 0 bridgehead atoms. The van der Waals surface area contributed by atoms with Gasteiger partial charge in [-0.25, -0.2) is 0 Å². The SMILES string of the molecule is CC(C)N(Cc1[c-]c(CN(C(C)C)C(C)C)ccc1)C(C)C.[Ni][Br]. The van der Waals surface area contributed by atoms with E-state index in [9.17, 15) is 0 Å². The molecule has 0 amide bonds. The second-order valence-electron chi connectivity index (χ2n) is 7.42. The Hall–Kier alpha value is 0.114. The van der Waals surface area contributed by atoms with Gasteiger partial charge in [0.15, 0.2) is 0 Å². The monoisotopic (exact) mass is 440 g/mol. The van der Waals surface area contributed by atoms with E-state index < -0.39 is 0 Å². The van der Waals surface area contributed by atoms with Crippen LogP contribution < -0.4 is 0 Å². The molecule has 0 spiro atoms. The summed E-state index contributed by atoms with van der Waals surface area (Å²) in [6.45, 7) is 20.1. The third-order valence-electron chi connectivity index (χ3n) is 4.27. The molecule has 24 heavy (non-hydrogen) atoms. The third-order valence-corrected chi connectivity index (χ3v) is 4.27. The van der Waals surface area contributed by atoms with Gasteiger partial charge in [0.05, 0.1) is 0 Å². The average Bonchev–Trinajstić information content (AvgIpc) is 2.51. The van der Waals surface area contributed by atoms with Gasteiger partial charge >= 0.3 is 27.9 Å². The molecule has 0 N–H and O–H groups in total. The van der Waals surface area contributed by atoms with Crippen molar-refractivity contribution in [3.8, 4) is 0 Å². The molecule has 0 aliphatic carbocycles. The zero-order valence-corrected chi connectivity index (χ0v) is 19.1. The van der Waals surface area contributed by atoms with Crippen molar-refractivity contribution in [3.63, 3.8) is 0 Å². The fourth-order valence-corrected chi connectivity index (χ4v) is 3.07. The molecule has 0 saturated carbocycles. The molecule has 0 saturated heterocycles. The second-order valence-corrected chi connectivity index (χ2v) is 7.42. The van der Waals surface area contributed by atoms with E-state index in [2.05, 4.69) is 117 Å². The maximum absolute atomic E-state index is 3.69. The molecule has 0 aromatic heterocycles. The van der Waals surface area contributed by atoms with Gasteiger partial charge in [0.25, 0.3) is 0 Å². The van der Waals surface area contributed by atoms with Crippen LogP contribution in [0.15, 0.2) is 18.2 Å². The zero-order chi connectivity index (χ0) is 18.9. The normalized spacial score (nSPS) is 11.9. The summed E-state index contributed by atoms with van der Waals surface area (Å²) < 4.78 is 0. The molecule has 0 fully saturated rings. The van der Waals surface area contributed by atoms with Crippen molar-refractivity contribution < 1.29 is 13.7 Å². The van der Waals surface area contributed by atoms with Crippen molar-refractivity contribution in [1.82, 2.24) is 9.80 Å². The Balaban J connectivity index is 0.00000254. The second kappa shape index (κ2) is 12.5. The van der Waals surface area contributed by atoms with E-state index in [1.54, 1.807) is 0 Å². The predicted octanol–water partition coefficient (Wildman–Crippen LogP) is 5.57. The van der Waals surface area contributed by atoms with Gasteiger partial charge in [0.1, 0.15) is 0 Å². The van der Waals surface area contributed by atoms with Crippen LogP contribution >= 0.6 is 14.2 Å². The summed E-state index contributed by atoms with van der Waals surface area (Å²) in [7, 11) is 0. The molecule has 2 nitrogen and oxygen atoms in total. The Morgan fingerprint density at radius 2 is 1.04 bits per heavy atom. The van der Waals surface area contributed by atoms with Gasteiger partial charge in [0.2, 0.25) is 0 Å². The van der Waals surface area contributed by atoms with Crippen LogP contribution in [-0.2, 0) is 26.8 Å². The maximum atomic E-state index is 3.69. The van der Waals surface area contributed by atoms with Crippen molar-refractivity contribution in [2.24, 2.45) is 0 Å². The molecule has 0 aliphatic rings. The first-order valence-electron chi connectivity index (χ1n) is 8.85. The Bertz CT molecular complexity index is 394. The number of rotatable bonds is 8. The quantitative estimate of drug-likeness (QED) is 0.384. The molecule has 4 heteroatoms. The first-order valence-corrected chi connectivity index (χ1v) is 11.3. The summed E-state index contributed by atoms with van der Waals surface area (Å²) in [5, 5.41) is 0. The van der Waals surface area contributed by atoms with Crippen LogP contribution in [0.25, 0.3) is 0 Å². The molecule has 0 radical (unpaired) electrons. The van der Waals surface area contributed by atoms with Gasteiger partial charge < -0.3 is 0 Å². The summed E-state index contributed by atoms with van der Waals surface area (Å²) >= 11 is 6.25. The van der Waals surface area contributed by atoms with Gasteiger partial charge in [-0.05, 0) is 55.4 Å². The van der Waals surface area contributed by atoms with E-state index in [0.717, 1.165) is 13.1 Å². The van der Waals surface area contributed by atoms with Crippen molar-refractivity contribution in [3.05, 3.63) is 35.4 Å². The number of halogens is 1. The molecule has 1 rings (SSSR count). The summed E-state index contributed by atoms with van der Waals surface area (Å²) in [6, 6.07) is 12.5. The summed E-state index contributed by atoms with van der Waals surface area (Å²) in [5.74, 6) is 0. The van der Waals surface area contributed by atoms with Gasteiger partial charge in [0, 0.05) is 37.3 Å². The number of hydrogen-bond acceptors (Lipinski definition) is 2. The van der Waals surface area contributed by atoms with Crippen LogP contribution in [0.3, 0.4) is 0 Å². The van der Waals surface area contributed by atoms with Gasteiger partial charge in [-0.15, -0.1) is 11.1 Å². The Labute approximate surface area is 165 Å². The standard InChI is InChI=1S/C20H35N2.BrH.Ni/c1-15(2)21(16(3)4)13-19-10-9-11-20(12-19)14-22(17(5)6)18(7)8;;/h9-11,15-18H,13-14H2,1-8H3;1H;/q-1;;+1/p-1. The minimum absolute atomic E-state index is 0.555. The van der Waals surface area contributed by atoms with Gasteiger partial charge in [-0.3, -0.25) is 9.80 Å². The molecule has 0 heterocycles. The van der Waals surface area contributed by atoms with E-state index in [-0.39, 0.29) is 0 Å². The van der Waals surface area contributed by atoms with Crippen LogP contribution in [0.5, 0.6) is 0 Å². The van der Waals surface area contributed by atoms with Crippen molar-refractivity contribution in [1.29, 1.82) is 0 Å². The van der Waals surface area contributed by atoms with Crippen molar-refractivity contribution >= 4 is 14.2 Å². The summed E-state index contributed by atoms with van der Waals surface area (Å²) in [4.78, 5) is 5.02. The molecule has 1 aromatic carbocycles. The van der Waals surface area contributed by atoms with Crippen LogP contribution in [0.4, 0.5) is 0 Å². The van der Waals surface area contributed by atoms with Crippen LogP contribution in [0.2, 0.25) is 0 Å². The van der Waals surface area contributed by atoms with Crippen molar-refractivity contribution in [2.45, 2.75) is 92.6 Å². The fourth-order valence-electron chi connectivity index (χ4n) is 3.07. The van der Waals surface area contributed by atoms with Crippen molar-refractivity contribution in [2.75, 3.05) is 0 Å². The van der Waals surface area contributed by atoms with E-state index in [1.165, 1.54) is 11.1 Å². The number of benzene rings is 1. The van der Waals surface area contributed by atoms with E-state index >= 15 is 0 Å². The number of nitrogens with zero attached hydrogens (tertiary/aromatic N) is 2. The fraction of sp³-hybridized carbons (Fsp3) is 0.700. The van der Waals surface area contributed by atoms with Crippen LogP contribution in [0, 0.1) is 6.07 Å². The minimum atomic E-state index is 0.555. The van der Waals surface area contributed by atoms with E-state index in [4.69, 9.17) is 0 Å². The Morgan fingerprint density at radius 3 is 1.29 bits per heavy atom. The first kappa shape index (κ1) is 24.1. The molecular formula is C20H35BrN2Ni-. The first-order chi connectivity index (χ1) is 11.2. The molecule has 0 unspecified atom stereocenters. The van der Waals surface area contributed by atoms with E-state index in [1.807, 2.05) is 0 Å². The molecule has 0 aliphatic heterocycles. The molecule has 0 atom stereocenters. The Kier molecular flexibility index (Phi) is 12.5. The topological polar surface area (TPSA) is 6.48 Å². The van der Waals surface area contributed by atoms with Crippen LogP contribution in [-0.4, -0.2) is 34.0 Å². The average molecular weight is 442 g/mol. The molecule has 1 aromatic rings. The molecule has 143 valence electrons. The number of hydrogen-bond donors (Lipinski definition) is 0. The molecular weight excluding hydrogens is 407 g/mol. The van der Waals surface area contributed by atoms with E-state index in [0.29, 0.717) is 24.2 Å². The summed E-state index contributed by atoms with van der Waals surface area (Å²) in [6.07, 6.45) is 0. The van der Waals surface area contributed by atoms with Gasteiger partial charge in [-0.1, -0.05) is 0 Å². The predicted molar refractivity (Wildman–Crippen MR) is 106 cm³/mol. The zero-order valence-electron chi connectivity index (χ0n) is 16.5. The summed E-state index contributed by atoms with van der Waals surface area (Å²) in [5.41, 5.74) is 2.60.